The molecule has 0 saturated heterocycles. The average molecular weight is 242 g/mol. The highest BCUT2D eigenvalue weighted by Gasteiger charge is 2.35. The Morgan fingerprint density at radius 2 is 2.06 bits per heavy atom. The number of carboxylic acid groups (broad SMARTS) is 1. The van der Waals surface area contributed by atoms with Crippen molar-refractivity contribution < 1.29 is 14.7 Å². The molecule has 1 aliphatic carbocycles. The quantitative estimate of drug-likeness (QED) is 0.770. The molecule has 0 heterocycles. The maximum absolute atomic E-state index is 11.7. The molecule has 0 aromatic carbocycles. The van der Waals surface area contributed by atoms with E-state index >= 15 is 0 Å². The van der Waals surface area contributed by atoms with E-state index in [2.05, 4.69) is 12.2 Å². The molecule has 1 atom stereocenters. The van der Waals surface area contributed by atoms with Crippen LogP contribution in [0.15, 0.2) is 0 Å². The van der Waals surface area contributed by atoms with Crippen molar-refractivity contribution in [2.45, 2.75) is 45.6 Å². The predicted octanol–water partition coefficient (Wildman–Crippen LogP) is 1.68. The fourth-order valence-electron chi connectivity index (χ4n) is 2.06. The van der Waals surface area contributed by atoms with E-state index in [9.17, 15) is 9.59 Å². The average Bonchev–Trinajstić information content (AvgIpc) is 2.25. The van der Waals surface area contributed by atoms with Crippen LogP contribution in [0.1, 0.15) is 39.5 Å². The first-order valence-corrected chi connectivity index (χ1v) is 6.15. The zero-order valence-corrected chi connectivity index (χ0v) is 10.8. The number of carboxylic acids is 1. The van der Waals surface area contributed by atoms with Crippen LogP contribution in [0.3, 0.4) is 0 Å². The smallest absolute Gasteiger partial charge is 0.326 e. The van der Waals surface area contributed by atoms with Crippen molar-refractivity contribution in [2.75, 3.05) is 13.6 Å². The van der Waals surface area contributed by atoms with Gasteiger partial charge in [0.15, 0.2) is 0 Å². The van der Waals surface area contributed by atoms with Crippen LogP contribution in [-0.2, 0) is 4.79 Å². The van der Waals surface area contributed by atoms with Crippen LogP contribution < -0.4 is 5.32 Å². The number of hydrogen-bond donors (Lipinski definition) is 2. The minimum atomic E-state index is -0.989. The van der Waals surface area contributed by atoms with E-state index in [1.807, 2.05) is 0 Å². The van der Waals surface area contributed by atoms with Gasteiger partial charge in [0, 0.05) is 13.6 Å². The van der Waals surface area contributed by atoms with Crippen molar-refractivity contribution >= 4 is 12.0 Å². The zero-order valence-electron chi connectivity index (χ0n) is 10.8. The molecule has 0 aliphatic heterocycles. The van der Waals surface area contributed by atoms with Gasteiger partial charge in [0.2, 0.25) is 0 Å². The van der Waals surface area contributed by atoms with Crippen molar-refractivity contribution in [3.05, 3.63) is 0 Å². The number of rotatable bonds is 5. The van der Waals surface area contributed by atoms with Gasteiger partial charge in [0.1, 0.15) is 6.04 Å². The number of nitrogens with zero attached hydrogens (tertiary/aromatic N) is 1. The van der Waals surface area contributed by atoms with Crippen molar-refractivity contribution in [3.63, 3.8) is 0 Å². The molecular formula is C12H22N2O3. The van der Waals surface area contributed by atoms with E-state index in [1.54, 1.807) is 0 Å². The Kier molecular flexibility index (Phi) is 4.37. The molecular weight excluding hydrogens is 220 g/mol. The van der Waals surface area contributed by atoms with Gasteiger partial charge in [0.05, 0.1) is 0 Å². The van der Waals surface area contributed by atoms with E-state index in [4.69, 9.17) is 5.11 Å². The summed E-state index contributed by atoms with van der Waals surface area (Å²) < 4.78 is 0. The van der Waals surface area contributed by atoms with Gasteiger partial charge >= 0.3 is 12.0 Å². The van der Waals surface area contributed by atoms with E-state index in [-0.39, 0.29) is 11.4 Å². The Bertz CT molecular complexity index is 295. The normalized spacial score (nSPS) is 19.0. The maximum Gasteiger partial charge on any atom is 0.326 e. The van der Waals surface area contributed by atoms with E-state index in [1.165, 1.54) is 25.3 Å². The second-order valence-corrected chi connectivity index (χ2v) is 4.99. The number of aliphatic carboxylic acids is 1. The summed E-state index contributed by atoms with van der Waals surface area (Å²) >= 11 is 0. The summed E-state index contributed by atoms with van der Waals surface area (Å²) in [5, 5.41) is 11.6. The van der Waals surface area contributed by atoms with Crippen LogP contribution in [0.4, 0.5) is 4.79 Å². The number of likely N-dealkylation sites (N-methyl/N-ethyl adjacent to an activating group) is 1. The van der Waals surface area contributed by atoms with Gasteiger partial charge in [0.25, 0.3) is 0 Å². The Labute approximate surface area is 102 Å². The molecule has 0 radical (unpaired) electrons. The van der Waals surface area contributed by atoms with Crippen molar-refractivity contribution in [1.29, 1.82) is 0 Å². The Morgan fingerprint density at radius 1 is 1.47 bits per heavy atom. The highest BCUT2D eigenvalue weighted by molar-refractivity contribution is 5.82. The number of urea groups is 1. The van der Waals surface area contributed by atoms with Crippen LogP contribution in [0, 0.1) is 5.41 Å². The maximum atomic E-state index is 11.7. The summed E-state index contributed by atoms with van der Waals surface area (Å²) in [6.45, 7) is 4.29. The summed E-state index contributed by atoms with van der Waals surface area (Å²) in [7, 11) is 1.51. The molecule has 1 saturated carbocycles. The topological polar surface area (TPSA) is 69.6 Å². The summed E-state index contributed by atoms with van der Waals surface area (Å²) in [6.07, 6.45) is 4.60. The molecule has 2 N–H and O–H groups in total. The van der Waals surface area contributed by atoms with E-state index in [0.717, 1.165) is 19.3 Å². The molecule has 5 nitrogen and oxygen atoms in total. The molecule has 0 spiro atoms. The predicted molar refractivity (Wildman–Crippen MR) is 64.8 cm³/mol. The van der Waals surface area contributed by atoms with Gasteiger partial charge in [-0.15, -0.1) is 0 Å². The molecule has 1 fully saturated rings. The van der Waals surface area contributed by atoms with Gasteiger partial charge < -0.3 is 15.3 Å². The fourth-order valence-corrected chi connectivity index (χ4v) is 2.06. The van der Waals surface area contributed by atoms with Gasteiger partial charge in [-0.1, -0.05) is 13.3 Å². The monoisotopic (exact) mass is 242 g/mol. The van der Waals surface area contributed by atoms with Crippen molar-refractivity contribution in [3.8, 4) is 0 Å². The van der Waals surface area contributed by atoms with E-state index < -0.39 is 12.0 Å². The zero-order chi connectivity index (χ0) is 13.1. The molecule has 2 amide bonds. The number of nitrogens with one attached hydrogen (secondary N) is 1. The standard InChI is InChI=1S/C12H22N2O3/c1-4-12(6-5-7-12)8-13-11(17)14(3)9(2)10(15)16/h9H,4-8H2,1-3H3,(H,13,17)(H,15,16). The van der Waals surface area contributed by atoms with Gasteiger partial charge in [-0.05, 0) is 31.6 Å². The molecule has 0 aromatic heterocycles. The van der Waals surface area contributed by atoms with Crippen LogP contribution >= 0.6 is 0 Å². The third-order valence-electron chi connectivity index (χ3n) is 4.04. The summed E-state index contributed by atoms with van der Waals surface area (Å²) in [5.74, 6) is -0.989. The number of carbonyl (C=O) groups excluding carboxylic acids is 1. The highest BCUT2D eigenvalue weighted by Crippen LogP contribution is 2.43. The SMILES string of the molecule is CCC1(CNC(=O)N(C)C(C)C(=O)O)CCC1. The lowest BCUT2D eigenvalue weighted by Crippen LogP contribution is -2.49. The summed E-state index contributed by atoms with van der Waals surface area (Å²) in [4.78, 5) is 23.7. The molecule has 1 aliphatic rings. The molecule has 98 valence electrons. The summed E-state index contributed by atoms with van der Waals surface area (Å²) in [5.41, 5.74) is 0.253. The van der Waals surface area contributed by atoms with Crippen LogP contribution in [0.25, 0.3) is 0 Å². The molecule has 1 unspecified atom stereocenters. The fraction of sp³-hybridized carbons (Fsp3) is 0.833. The highest BCUT2D eigenvalue weighted by atomic mass is 16.4. The van der Waals surface area contributed by atoms with Gasteiger partial charge in [-0.25, -0.2) is 9.59 Å². The van der Waals surface area contributed by atoms with Crippen LogP contribution in [0.2, 0.25) is 0 Å². The van der Waals surface area contributed by atoms with Crippen molar-refractivity contribution in [2.24, 2.45) is 5.41 Å². The molecule has 17 heavy (non-hydrogen) atoms. The minimum absolute atomic E-state index is 0.253. The first-order chi connectivity index (χ1) is 7.92. The lowest BCUT2D eigenvalue weighted by molar-refractivity contribution is -0.141. The first-order valence-electron chi connectivity index (χ1n) is 6.15. The first kappa shape index (κ1) is 13.8. The Balaban J connectivity index is 2.41. The van der Waals surface area contributed by atoms with Gasteiger partial charge in [-0.2, -0.15) is 0 Å². The number of carbonyl (C=O) groups is 2. The second kappa shape index (κ2) is 5.38. The third kappa shape index (κ3) is 3.11. The van der Waals surface area contributed by atoms with Crippen LogP contribution in [0.5, 0.6) is 0 Å². The number of amides is 2. The molecule has 0 aromatic rings. The lowest BCUT2D eigenvalue weighted by Gasteiger charge is -2.41. The summed E-state index contributed by atoms with van der Waals surface area (Å²) in [6, 6.07) is -1.10. The molecule has 1 rings (SSSR count). The second-order valence-electron chi connectivity index (χ2n) is 4.99. The molecule has 0 bridgehead atoms. The molecule has 5 heteroatoms. The van der Waals surface area contributed by atoms with E-state index in [0.29, 0.717) is 6.54 Å². The van der Waals surface area contributed by atoms with Crippen molar-refractivity contribution in [1.82, 2.24) is 10.2 Å². The Morgan fingerprint density at radius 3 is 2.41 bits per heavy atom. The largest absolute Gasteiger partial charge is 0.480 e. The van der Waals surface area contributed by atoms with Crippen LogP contribution in [-0.4, -0.2) is 41.6 Å². The lowest BCUT2D eigenvalue weighted by atomic mass is 9.67. The van der Waals surface area contributed by atoms with Gasteiger partial charge in [-0.3, -0.25) is 0 Å². The third-order valence-corrected chi connectivity index (χ3v) is 4.04. The Hall–Kier alpha value is -1.26. The minimum Gasteiger partial charge on any atom is -0.480 e. The number of hydrogen-bond acceptors (Lipinski definition) is 2.